The van der Waals surface area contributed by atoms with Crippen molar-refractivity contribution in [1.29, 1.82) is 0 Å². The van der Waals surface area contributed by atoms with Gasteiger partial charge in [0.1, 0.15) is 5.82 Å². The number of nitrogens with zero attached hydrogens (tertiary/aromatic N) is 3. The van der Waals surface area contributed by atoms with E-state index in [9.17, 15) is 0 Å². The van der Waals surface area contributed by atoms with Gasteiger partial charge in [-0.25, -0.2) is 4.98 Å². The van der Waals surface area contributed by atoms with Gasteiger partial charge in [-0.05, 0) is 12.8 Å². The normalized spacial score (nSPS) is 10.6. The van der Waals surface area contributed by atoms with Crippen molar-refractivity contribution in [3.63, 3.8) is 0 Å². The van der Waals surface area contributed by atoms with Gasteiger partial charge in [-0.1, -0.05) is 0 Å². The summed E-state index contributed by atoms with van der Waals surface area (Å²) in [4.78, 5) is 4.24. The van der Waals surface area contributed by atoms with E-state index >= 15 is 0 Å². The molecule has 5 nitrogen and oxygen atoms in total. The molecule has 0 fully saturated rings. The maximum Gasteiger partial charge on any atom is 0.145 e. The minimum Gasteiger partial charge on any atom is -0.382 e. The minimum atomic E-state index is 0.543. The van der Waals surface area contributed by atoms with Gasteiger partial charge in [0, 0.05) is 25.0 Å². The van der Waals surface area contributed by atoms with E-state index in [1.807, 2.05) is 23.9 Å². The van der Waals surface area contributed by atoms with Crippen LogP contribution in [0.15, 0.2) is 18.6 Å². The molecule has 0 aliphatic heterocycles. The Kier molecular flexibility index (Phi) is 2.22. The first-order valence-corrected chi connectivity index (χ1v) is 4.50. The maximum absolute atomic E-state index is 5.49. The molecular weight excluding hydrogens is 178 g/mol. The Morgan fingerprint density at radius 1 is 1.50 bits per heavy atom. The van der Waals surface area contributed by atoms with Gasteiger partial charge in [0.05, 0.1) is 12.0 Å². The Labute approximate surface area is 82.0 Å². The highest BCUT2D eigenvalue weighted by atomic mass is 15.1. The van der Waals surface area contributed by atoms with Crippen LogP contribution in [0.5, 0.6) is 0 Å². The number of nitrogens with one attached hydrogen (secondary N) is 1. The number of rotatable bonds is 3. The van der Waals surface area contributed by atoms with Crippen LogP contribution in [0.3, 0.4) is 0 Å². The quantitative estimate of drug-likeness (QED) is 0.742. The van der Waals surface area contributed by atoms with Gasteiger partial charge in [0.15, 0.2) is 0 Å². The number of hydrogen-bond acceptors (Lipinski definition) is 3. The van der Waals surface area contributed by atoms with Crippen molar-refractivity contribution in [3.8, 4) is 0 Å². The Hall–Kier alpha value is -1.78. The van der Waals surface area contributed by atoms with Crippen LogP contribution in [0.25, 0.3) is 0 Å². The number of aryl methyl sites for hydroxylation is 3. The van der Waals surface area contributed by atoms with Crippen LogP contribution < -0.4 is 5.73 Å². The lowest BCUT2D eigenvalue weighted by Gasteiger charge is -1.93. The first-order valence-electron chi connectivity index (χ1n) is 4.50. The van der Waals surface area contributed by atoms with Crippen molar-refractivity contribution in [2.24, 2.45) is 7.05 Å². The van der Waals surface area contributed by atoms with Crippen LogP contribution in [0.2, 0.25) is 0 Å². The SMILES string of the molecule is Cn1cnc(CCc2cc(N)n[nH]2)c1. The average Bonchev–Trinajstić information content (AvgIpc) is 2.72. The van der Waals surface area contributed by atoms with Crippen LogP contribution in [0.1, 0.15) is 11.4 Å². The zero-order chi connectivity index (χ0) is 9.97. The van der Waals surface area contributed by atoms with Crippen LogP contribution >= 0.6 is 0 Å². The lowest BCUT2D eigenvalue weighted by atomic mass is 10.2. The Morgan fingerprint density at radius 3 is 2.93 bits per heavy atom. The Bertz CT molecular complexity index is 374. The molecule has 0 bridgehead atoms. The number of aromatic nitrogens is 4. The van der Waals surface area contributed by atoms with Gasteiger partial charge in [0.2, 0.25) is 0 Å². The van der Waals surface area contributed by atoms with Gasteiger partial charge in [-0.15, -0.1) is 0 Å². The molecule has 14 heavy (non-hydrogen) atoms. The van der Waals surface area contributed by atoms with Crippen molar-refractivity contribution in [2.75, 3.05) is 5.73 Å². The van der Waals surface area contributed by atoms with E-state index in [1.54, 1.807) is 6.33 Å². The van der Waals surface area contributed by atoms with Crippen molar-refractivity contribution < 1.29 is 0 Å². The summed E-state index contributed by atoms with van der Waals surface area (Å²) in [6.45, 7) is 0. The molecule has 0 aromatic carbocycles. The summed E-state index contributed by atoms with van der Waals surface area (Å²) in [6, 6.07) is 1.85. The van der Waals surface area contributed by atoms with Gasteiger partial charge in [0.25, 0.3) is 0 Å². The zero-order valence-corrected chi connectivity index (χ0v) is 8.07. The Balaban J connectivity index is 1.94. The Morgan fingerprint density at radius 2 is 2.36 bits per heavy atom. The van der Waals surface area contributed by atoms with Crippen molar-refractivity contribution in [3.05, 3.63) is 30.0 Å². The van der Waals surface area contributed by atoms with E-state index in [1.165, 1.54) is 0 Å². The molecule has 0 aliphatic rings. The summed E-state index contributed by atoms with van der Waals surface area (Å²) < 4.78 is 1.94. The third-order valence-electron chi connectivity index (χ3n) is 2.06. The summed E-state index contributed by atoms with van der Waals surface area (Å²) in [7, 11) is 1.96. The number of nitrogen functional groups attached to an aromatic ring is 1. The third-order valence-corrected chi connectivity index (χ3v) is 2.06. The minimum absolute atomic E-state index is 0.543. The van der Waals surface area contributed by atoms with Crippen LogP contribution in [-0.4, -0.2) is 19.7 Å². The van der Waals surface area contributed by atoms with Crippen LogP contribution in [-0.2, 0) is 19.9 Å². The molecule has 3 N–H and O–H groups in total. The van der Waals surface area contributed by atoms with E-state index in [-0.39, 0.29) is 0 Å². The molecule has 2 heterocycles. The smallest absolute Gasteiger partial charge is 0.145 e. The predicted octanol–water partition coefficient (Wildman–Crippen LogP) is 0.511. The summed E-state index contributed by atoms with van der Waals surface area (Å²) in [5.41, 5.74) is 7.62. The standard InChI is InChI=1S/C9H13N5/c1-14-5-8(11-6-14)3-2-7-4-9(10)13-12-7/h4-6H,2-3H2,1H3,(H3,10,12,13). The number of nitrogens with two attached hydrogens (primary N) is 1. The summed E-state index contributed by atoms with van der Waals surface area (Å²) in [6.07, 6.45) is 5.61. The van der Waals surface area contributed by atoms with E-state index < -0.39 is 0 Å². The molecule has 0 radical (unpaired) electrons. The number of H-pyrrole nitrogens is 1. The zero-order valence-electron chi connectivity index (χ0n) is 8.07. The fourth-order valence-electron chi connectivity index (χ4n) is 1.37. The van der Waals surface area contributed by atoms with Gasteiger partial charge in [-0.3, -0.25) is 5.10 Å². The lowest BCUT2D eigenvalue weighted by molar-refractivity contribution is 0.869. The summed E-state index contributed by atoms with van der Waals surface area (Å²) in [5, 5.41) is 6.73. The summed E-state index contributed by atoms with van der Waals surface area (Å²) in [5.74, 6) is 0.543. The fraction of sp³-hybridized carbons (Fsp3) is 0.333. The molecule has 0 saturated carbocycles. The van der Waals surface area contributed by atoms with E-state index in [0.717, 1.165) is 24.2 Å². The molecule has 0 atom stereocenters. The van der Waals surface area contributed by atoms with E-state index in [2.05, 4.69) is 15.2 Å². The topological polar surface area (TPSA) is 72.5 Å². The second-order valence-corrected chi connectivity index (χ2v) is 3.35. The molecule has 2 aromatic rings. The second-order valence-electron chi connectivity index (χ2n) is 3.35. The lowest BCUT2D eigenvalue weighted by Crippen LogP contribution is -1.91. The van der Waals surface area contributed by atoms with E-state index in [0.29, 0.717) is 5.82 Å². The van der Waals surface area contributed by atoms with Crippen molar-refractivity contribution in [2.45, 2.75) is 12.8 Å². The van der Waals surface area contributed by atoms with Crippen molar-refractivity contribution >= 4 is 5.82 Å². The van der Waals surface area contributed by atoms with Crippen LogP contribution in [0, 0.1) is 0 Å². The second kappa shape index (κ2) is 3.53. The third kappa shape index (κ3) is 1.93. The van der Waals surface area contributed by atoms with Crippen LogP contribution in [0.4, 0.5) is 5.82 Å². The average molecular weight is 191 g/mol. The van der Waals surface area contributed by atoms with Gasteiger partial charge < -0.3 is 10.3 Å². The van der Waals surface area contributed by atoms with Gasteiger partial charge in [-0.2, -0.15) is 5.10 Å². The van der Waals surface area contributed by atoms with Crippen molar-refractivity contribution in [1.82, 2.24) is 19.7 Å². The highest BCUT2D eigenvalue weighted by molar-refractivity contribution is 5.28. The monoisotopic (exact) mass is 191 g/mol. The predicted molar refractivity (Wildman–Crippen MR) is 53.6 cm³/mol. The highest BCUT2D eigenvalue weighted by Gasteiger charge is 2.00. The molecule has 0 amide bonds. The molecule has 0 spiro atoms. The molecule has 0 aliphatic carbocycles. The number of hydrogen-bond donors (Lipinski definition) is 2. The molecule has 5 heteroatoms. The molecule has 74 valence electrons. The largest absolute Gasteiger partial charge is 0.382 e. The molecule has 2 rings (SSSR count). The number of aromatic amines is 1. The number of anilines is 1. The number of imidazole rings is 1. The molecule has 0 saturated heterocycles. The van der Waals surface area contributed by atoms with Gasteiger partial charge >= 0.3 is 0 Å². The first kappa shape index (κ1) is 8.80. The molecule has 0 unspecified atom stereocenters. The molecule has 2 aromatic heterocycles. The summed E-state index contributed by atoms with van der Waals surface area (Å²) >= 11 is 0. The highest BCUT2D eigenvalue weighted by Crippen LogP contribution is 2.05. The molecular formula is C9H13N5. The van der Waals surface area contributed by atoms with E-state index in [4.69, 9.17) is 5.73 Å². The maximum atomic E-state index is 5.49. The fourth-order valence-corrected chi connectivity index (χ4v) is 1.37. The first-order chi connectivity index (χ1) is 6.74.